The van der Waals surface area contributed by atoms with Crippen molar-refractivity contribution in [1.29, 1.82) is 0 Å². The summed E-state index contributed by atoms with van der Waals surface area (Å²) in [5, 5.41) is 0. The summed E-state index contributed by atoms with van der Waals surface area (Å²) in [5.41, 5.74) is 1.41. The number of piperidine rings is 1. The van der Waals surface area contributed by atoms with E-state index in [1.54, 1.807) is 12.1 Å². The molecule has 2 fully saturated rings. The van der Waals surface area contributed by atoms with Crippen LogP contribution in [0.3, 0.4) is 0 Å². The molecular formula is C20H24N2O4S2. The van der Waals surface area contributed by atoms with E-state index in [-0.39, 0.29) is 15.5 Å². The Hall–Kier alpha value is -2.06. The zero-order chi connectivity index (χ0) is 19.9. The molecule has 1 N–H and O–H groups in total. The average molecular weight is 421 g/mol. The molecule has 2 atom stereocenters. The standard InChI is InChI=1S/C20H24N2O4S2/c1-2-27(23,24)17-6-5-7-18(13-17)28(25,26)21-19-8-3-4-9-20(19)22-14-15-10-11-16(22)12-15/h3-9,13,15-16,21H,2,10-12,14H2,1H3. The van der Waals surface area contributed by atoms with Crippen LogP contribution in [0, 0.1) is 5.92 Å². The summed E-state index contributed by atoms with van der Waals surface area (Å²) in [7, 11) is -7.39. The number of nitrogens with one attached hydrogen (secondary N) is 1. The fourth-order valence-corrected chi connectivity index (χ4v) is 6.36. The van der Waals surface area contributed by atoms with Gasteiger partial charge >= 0.3 is 0 Å². The van der Waals surface area contributed by atoms with Crippen molar-refractivity contribution >= 4 is 31.2 Å². The Morgan fingerprint density at radius 2 is 1.75 bits per heavy atom. The quantitative estimate of drug-likeness (QED) is 0.775. The number of sulfonamides is 1. The van der Waals surface area contributed by atoms with Crippen molar-refractivity contribution in [1.82, 2.24) is 0 Å². The maximum atomic E-state index is 13.0. The lowest BCUT2D eigenvalue weighted by molar-refractivity contribution is 0.554. The van der Waals surface area contributed by atoms with Gasteiger partial charge in [-0.1, -0.05) is 25.1 Å². The van der Waals surface area contributed by atoms with Crippen LogP contribution in [0.1, 0.15) is 26.2 Å². The third-order valence-electron chi connectivity index (χ3n) is 5.72. The van der Waals surface area contributed by atoms with Crippen LogP contribution in [0.4, 0.5) is 11.4 Å². The van der Waals surface area contributed by atoms with E-state index in [9.17, 15) is 16.8 Å². The summed E-state index contributed by atoms with van der Waals surface area (Å²) < 4.78 is 52.9. The number of hydrogen-bond donors (Lipinski definition) is 1. The first-order valence-corrected chi connectivity index (χ1v) is 12.6. The second kappa shape index (κ2) is 7.08. The largest absolute Gasteiger partial charge is 0.367 e. The van der Waals surface area contributed by atoms with Crippen molar-refractivity contribution in [3.05, 3.63) is 48.5 Å². The normalized spacial score (nSPS) is 21.8. The summed E-state index contributed by atoms with van der Waals surface area (Å²) in [4.78, 5) is 2.26. The highest BCUT2D eigenvalue weighted by Gasteiger charge is 2.38. The molecule has 1 saturated heterocycles. The molecule has 8 heteroatoms. The van der Waals surface area contributed by atoms with Crippen molar-refractivity contribution in [2.75, 3.05) is 21.9 Å². The molecule has 150 valence electrons. The zero-order valence-corrected chi connectivity index (χ0v) is 17.3. The van der Waals surface area contributed by atoms with Crippen LogP contribution >= 0.6 is 0 Å². The van der Waals surface area contributed by atoms with Crippen LogP contribution < -0.4 is 9.62 Å². The smallest absolute Gasteiger partial charge is 0.262 e. The highest BCUT2D eigenvalue weighted by molar-refractivity contribution is 7.93. The van der Waals surface area contributed by atoms with Crippen LogP contribution in [0.5, 0.6) is 0 Å². The minimum Gasteiger partial charge on any atom is -0.367 e. The lowest BCUT2D eigenvalue weighted by Gasteiger charge is -2.31. The van der Waals surface area contributed by atoms with Crippen LogP contribution in [0.2, 0.25) is 0 Å². The first kappa shape index (κ1) is 19.3. The fourth-order valence-electron chi connectivity index (χ4n) is 4.24. The van der Waals surface area contributed by atoms with Crippen LogP contribution in [0.25, 0.3) is 0 Å². The van der Waals surface area contributed by atoms with E-state index in [0.717, 1.165) is 25.1 Å². The molecule has 1 heterocycles. The Labute approximate surface area is 166 Å². The second-order valence-corrected chi connectivity index (χ2v) is 11.4. The third-order valence-corrected chi connectivity index (χ3v) is 8.82. The van der Waals surface area contributed by atoms with Crippen molar-refractivity contribution in [2.45, 2.75) is 42.0 Å². The highest BCUT2D eigenvalue weighted by Crippen LogP contribution is 2.42. The van der Waals surface area contributed by atoms with E-state index in [4.69, 9.17) is 0 Å². The zero-order valence-electron chi connectivity index (χ0n) is 15.7. The molecule has 0 radical (unpaired) electrons. The molecule has 0 amide bonds. The Kier molecular flexibility index (Phi) is 4.87. The van der Waals surface area contributed by atoms with Crippen molar-refractivity contribution in [2.24, 2.45) is 5.92 Å². The predicted octanol–water partition coefficient (Wildman–Crippen LogP) is 3.27. The Balaban J connectivity index is 1.66. The Morgan fingerprint density at radius 3 is 2.43 bits per heavy atom. The SMILES string of the molecule is CCS(=O)(=O)c1cccc(S(=O)(=O)Nc2ccccc2N2CC3CCC2C3)c1. The highest BCUT2D eigenvalue weighted by atomic mass is 32.2. The molecule has 2 bridgehead atoms. The number of hydrogen-bond acceptors (Lipinski definition) is 5. The molecule has 6 nitrogen and oxygen atoms in total. The number of benzene rings is 2. The molecule has 2 aromatic rings. The molecule has 2 aliphatic rings. The van der Waals surface area contributed by atoms with E-state index in [2.05, 4.69) is 9.62 Å². The van der Waals surface area contributed by atoms with Crippen LogP contribution in [0.15, 0.2) is 58.3 Å². The molecular weight excluding hydrogens is 396 g/mol. The van der Waals surface area contributed by atoms with E-state index >= 15 is 0 Å². The summed E-state index contributed by atoms with van der Waals surface area (Å²) in [6.45, 7) is 2.49. The van der Waals surface area contributed by atoms with Crippen LogP contribution in [-0.4, -0.2) is 35.2 Å². The number of fused-ring (bicyclic) bond motifs is 2. The fraction of sp³-hybridized carbons (Fsp3) is 0.400. The third kappa shape index (κ3) is 3.51. The van der Waals surface area contributed by atoms with E-state index in [1.165, 1.54) is 37.6 Å². The minimum atomic E-state index is -3.91. The lowest BCUT2D eigenvalue weighted by atomic mass is 10.1. The van der Waals surface area contributed by atoms with Crippen molar-refractivity contribution in [3.63, 3.8) is 0 Å². The molecule has 2 aromatic carbocycles. The molecule has 1 aliphatic carbocycles. The minimum absolute atomic E-state index is 0.0167. The van der Waals surface area contributed by atoms with E-state index in [0.29, 0.717) is 17.6 Å². The number of sulfone groups is 1. The monoisotopic (exact) mass is 420 g/mol. The second-order valence-electron chi connectivity index (χ2n) is 7.49. The summed E-state index contributed by atoms with van der Waals surface area (Å²) in [6, 6.07) is 13.4. The van der Waals surface area contributed by atoms with Gasteiger partial charge in [-0.3, -0.25) is 4.72 Å². The van der Waals surface area contributed by atoms with E-state index in [1.807, 2.05) is 12.1 Å². The van der Waals surface area contributed by atoms with Gasteiger partial charge in [-0.05, 0) is 55.5 Å². The predicted molar refractivity (Wildman–Crippen MR) is 110 cm³/mol. The van der Waals surface area contributed by atoms with Gasteiger partial charge in [0.15, 0.2) is 9.84 Å². The Morgan fingerprint density at radius 1 is 1.00 bits per heavy atom. The van der Waals surface area contributed by atoms with Gasteiger partial charge in [0.05, 0.1) is 26.9 Å². The molecule has 4 rings (SSSR count). The van der Waals surface area contributed by atoms with Gasteiger partial charge in [0.2, 0.25) is 0 Å². The van der Waals surface area contributed by atoms with Gasteiger partial charge in [0, 0.05) is 12.6 Å². The van der Waals surface area contributed by atoms with Crippen molar-refractivity contribution < 1.29 is 16.8 Å². The van der Waals surface area contributed by atoms with Crippen LogP contribution in [-0.2, 0) is 19.9 Å². The molecule has 1 saturated carbocycles. The van der Waals surface area contributed by atoms with Gasteiger partial charge in [-0.25, -0.2) is 16.8 Å². The Bertz CT molecular complexity index is 1100. The van der Waals surface area contributed by atoms with Gasteiger partial charge < -0.3 is 4.90 Å². The summed E-state index contributed by atoms with van der Waals surface area (Å²) >= 11 is 0. The van der Waals surface area contributed by atoms with Crippen molar-refractivity contribution in [3.8, 4) is 0 Å². The number of nitrogens with zero attached hydrogens (tertiary/aromatic N) is 1. The average Bonchev–Trinajstić information content (AvgIpc) is 3.32. The maximum Gasteiger partial charge on any atom is 0.262 e. The molecule has 0 spiro atoms. The van der Waals surface area contributed by atoms with Gasteiger partial charge in [-0.2, -0.15) is 0 Å². The van der Waals surface area contributed by atoms with E-state index < -0.39 is 19.9 Å². The number of para-hydroxylation sites is 2. The molecule has 28 heavy (non-hydrogen) atoms. The molecule has 1 aliphatic heterocycles. The molecule has 2 unspecified atom stereocenters. The number of rotatable bonds is 6. The summed E-state index contributed by atoms with van der Waals surface area (Å²) in [6.07, 6.45) is 3.55. The maximum absolute atomic E-state index is 13.0. The lowest BCUT2D eigenvalue weighted by Crippen LogP contribution is -2.32. The topological polar surface area (TPSA) is 83.5 Å². The first-order valence-electron chi connectivity index (χ1n) is 9.51. The first-order chi connectivity index (χ1) is 13.3. The van der Waals surface area contributed by atoms with Gasteiger partial charge in [0.1, 0.15) is 0 Å². The van der Waals surface area contributed by atoms with Gasteiger partial charge in [-0.15, -0.1) is 0 Å². The summed E-state index contributed by atoms with van der Waals surface area (Å²) in [5.74, 6) is 0.607. The molecule has 0 aromatic heterocycles. The number of anilines is 2. The van der Waals surface area contributed by atoms with Gasteiger partial charge in [0.25, 0.3) is 10.0 Å².